The Morgan fingerprint density at radius 1 is 1.38 bits per heavy atom. The summed E-state index contributed by atoms with van der Waals surface area (Å²) < 4.78 is 5.31. The predicted molar refractivity (Wildman–Crippen MR) is 59.1 cm³/mol. The largest absolute Gasteiger partial charge is 0.444 e. The molecule has 2 atom stereocenters. The first-order valence-corrected chi connectivity index (χ1v) is 5.89. The van der Waals surface area contributed by atoms with Crippen molar-refractivity contribution in [3.05, 3.63) is 0 Å². The Morgan fingerprint density at radius 2 is 2.06 bits per heavy atom. The molecule has 2 bridgehead atoms. The lowest BCUT2D eigenvalue weighted by molar-refractivity contribution is -0.132. The molecule has 1 amide bonds. The molecule has 4 nitrogen and oxygen atoms in total. The van der Waals surface area contributed by atoms with Crippen LogP contribution >= 0.6 is 0 Å². The van der Waals surface area contributed by atoms with E-state index in [2.05, 4.69) is 0 Å². The van der Waals surface area contributed by atoms with E-state index in [1.165, 1.54) is 0 Å². The standard InChI is InChI=1S/C12H19NO3/c1-12(2,3)16-11(15)13-7-8-4-5-9(13)10(14)6-8/h8-9H,4-7H2,1-3H3/t8?,9-/m1/s1. The molecule has 1 aliphatic carbocycles. The monoisotopic (exact) mass is 225 g/mol. The lowest BCUT2D eigenvalue weighted by Crippen LogP contribution is -2.56. The smallest absolute Gasteiger partial charge is 0.410 e. The van der Waals surface area contributed by atoms with Crippen molar-refractivity contribution in [2.75, 3.05) is 6.54 Å². The van der Waals surface area contributed by atoms with Crippen LogP contribution in [-0.2, 0) is 9.53 Å². The fourth-order valence-corrected chi connectivity index (χ4v) is 2.49. The second-order valence-corrected chi connectivity index (χ2v) is 5.76. The van der Waals surface area contributed by atoms with Crippen LogP contribution in [0.4, 0.5) is 4.79 Å². The third-order valence-corrected chi connectivity index (χ3v) is 3.17. The van der Waals surface area contributed by atoms with Crippen molar-refractivity contribution in [3.8, 4) is 0 Å². The highest BCUT2D eigenvalue weighted by atomic mass is 16.6. The molecular formula is C12H19NO3. The van der Waals surface area contributed by atoms with E-state index in [0.29, 0.717) is 18.9 Å². The Morgan fingerprint density at radius 3 is 2.56 bits per heavy atom. The molecule has 90 valence electrons. The first kappa shape index (κ1) is 11.4. The Hall–Kier alpha value is -1.06. The molecule has 0 aromatic heterocycles. The first-order valence-electron chi connectivity index (χ1n) is 5.89. The second kappa shape index (κ2) is 3.75. The van der Waals surface area contributed by atoms with E-state index in [1.807, 2.05) is 20.8 Å². The van der Waals surface area contributed by atoms with E-state index in [4.69, 9.17) is 4.74 Å². The van der Waals surface area contributed by atoms with Crippen LogP contribution in [0.3, 0.4) is 0 Å². The van der Waals surface area contributed by atoms with E-state index in [-0.39, 0.29) is 17.9 Å². The van der Waals surface area contributed by atoms with Crippen LogP contribution in [0.15, 0.2) is 0 Å². The number of carbonyl (C=O) groups is 2. The maximum atomic E-state index is 11.9. The van der Waals surface area contributed by atoms with Crippen molar-refractivity contribution in [1.82, 2.24) is 4.90 Å². The number of amides is 1. The van der Waals surface area contributed by atoms with Crippen molar-refractivity contribution in [2.24, 2.45) is 5.92 Å². The van der Waals surface area contributed by atoms with Gasteiger partial charge in [0.2, 0.25) is 0 Å². The average molecular weight is 225 g/mol. The van der Waals surface area contributed by atoms with Crippen LogP contribution in [0.1, 0.15) is 40.0 Å². The van der Waals surface area contributed by atoms with Gasteiger partial charge in [-0.05, 0) is 39.5 Å². The zero-order valence-corrected chi connectivity index (χ0v) is 10.2. The Bertz CT molecular complexity index is 319. The number of carbonyl (C=O) groups excluding carboxylic acids is 2. The zero-order chi connectivity index (χ0) is 11.9. The number of hydrogen-bond donors (Lipinski definition) is 0. The number of rotatable bonds is 0. The molecule has 0 aromatic carbocycles. The molecular weight excluding hydrogens is 206 g/mol. The van der Waals surface area contributed by atoms with Gasteiger partial charge >= 0.3 is 6.09 Å². The van der Waals surface area contributed by atoms with Gasteiger partial charge in [0, 0.05) is 13.0 Å². The third kappa shape index (κ3) is 2.20. The van der Waals surface area contributed by atoms with E-state index in [1.54, 1.807) is 4.90 Å². The minimum atomic E-state index is -0.489. The maximum absolute atomic E-state index is 11.9. The van der Waals surface area contributed by atoms with Gasteiger partial charge in [-0.3, -0.25) is 9.69 Å². The van der Waals surface area contributed by atoms with Gasteiger partial charge < -0.3 is 4.74 Å². The van der Waals surface area contributed by atoms with Gasteiger partial charge in [0.15, 0.2) is 5.78 Å². The number of fused-ring (bicyclic) bond motifs is 3. The lowest BCUT2D eigenvalue weighted by Gasteiger charge is -2.44. The number of nitrogens with zero attached hydrogens (tertiary/aromatic N) is 1. The van der Waals surface area contributed by atoms with Crippen LogP contribution in [0, 0.1) is 5.92 Å². The molecule has 2 heterocycles. The van der Waals surface area contributed by atoms with Crippen molar-refractivity contribution in [1.29, 1.82) is 0 Å². The number of ether oxygens (including phenoxy) is 1. The van der Waals surface area contributed by atoms with Crippen molar-refractivity contribution >= 4 is 11.9 Å². The van der Waals surface area contributed by atoms with Crippen LogP contribution in [-0.4, -0.2) is 35.0 Å². The molecule has 16 heavy (non-hydrogen) atoms. The number of ketones is 1. The summed E-state index contributed by atoms with van der Waals surface area (Å²) in [6.45, 7) is 6.21. The van der Waals surface area contributed by atoms with Gasteiger partial charge in [-0.2, -0.15) is 0 Å². The molecule has 3 rings (SSSR count). The minimum absolute atomic E-state index is 0.202. The maximum Gasteiger partial charge on any atom is 0.410 e. The fraction of sp³-hybridized carbons (Fsp3) is 0.833. The third-order valence-electron chi connectivity index (χ3n) is 3.17. The zero-order valence-electron chi connectivity index (χ0n) is 10.2. The minimum Gasteiger partial charge on any atom is -0.444 e. The molecule has 0 spiro atoms. The summed E-state index contributed by atoms with van der Waals surface area (Å²) in [7, 11) is 0. The summed E-state index contributed by atoms with van der Waals surface area (Å²) in [4.78, 5) is 25.2. The Kier molecular flexibility index (Phi) is 2.68. The van der Waals surface area contributed by atoms with Gasteiger partial charge in [0.05, 0.1) is 6.04 Å². The van der Waals surface area contributed by atoms with Gasteiger partial charge in [0.1, 0.15) is 5.60 Å². The lowest BCUT2D eigenvalue weighted by atomic mass is 9.79. The predicted octanol–water partition coefficient (Wildman–Crippen LogP) is 1.97. The van der Waals surface area contributed by atoms with Crippen molar-refractivity contribution in [2.45, 2.75) is 51.7 Å². The molecule has 0 N–H and O–H groups in total. The van der Waals surface area contributed by atoms with Gasteiger partial charge in [-0.15, -0.1) is 0 Å². The highest BCUT2D eigenvalue weighted by molar-refractivity contribution is 5.89. The summed E-state index contributed by atoms with van der Waals surface area (Å²) in [5.74, 6) is 0.554. The van der Waals surface area contributed by atoms with E-state index in [0.717, 1.165) is 12.8 Å². The van der Waals surface area contributed by atoms with E-state index in [9.17, 15) is 9.59 Å². The topological polar surface area (TPSA) is 46.6 Å². The first-order chi connectivity index (χ1) is 7.37. The molecule has 0 aromatic rings. The van der Waals surface area contributed by atoms with Gasteiger partial charge in [0.25, 0.3) is 0 Å². The van der Waals surface area contributed by atoms with Crippen LogP contribution in [0.25, 0.3) is 0 Å². The summed E-state index contributed by atoms with van der Waals surface area (Å²) >= 11 is 0. The van der Waals surface area contributed by atoms with Crippen LogP contribution in [0.5, 0.6) is 0 Å². The molecule has 4 heteroatoms. The highest BCUT2D eigenvalue weighted by Crippen LogP contribution is 2.33. The SMILES string of the molecule is CC(C)(C)OC(=O)N1CC2CC[C@@H]1C(=O)C2. The molecule has 1 saturated carbocycles. The van der Waals surface area contributed by atoms with Crippen molar-refractivity contribution in [3.63, 3.8) is 0 Å². The summed E-state index contributed by atoms with van der Waals surface area (Å²) in [5.41, 5.74) is -0.489. The van der Waals surface area contributed by atoms with E-state index >= 15 is 0 Å². The molecule has 1 unspecified atom stereocenters. The quantitative estimate of drug-likeness (QED) is 0.633. The second-order valence-electron chi connectivity index (χ2n) is 5.76. The summed E-state index contributed by atoms with van der Waals surface area (Å²) in [6, 6.07) is -0.222. The molecule has 2 saturated heterocycles. The summed E-state index contributed by atoms with van der Waals surface area (Å²) in [5, 5.41) is 0. The number of Topliss-reactive ketones (excluding diaryl/α,β-unsaturated/α-hetero) is 1. The molecule has 3 aliphatic rings. The molecule has 3 fully saturated rings. The summed E-state index contributed by atoms with van der Waals surface area (Å²) in [6.07, 6.45) is 2.18. The highest BCUT2D eigenvalue weighted by Gasteiger charge is 2.43. The van der Waals surface area contributed by atoms with Gasteiger partial charge in [-0.1, -0.05) is 0 Å². The Labute approximate surface area is 95.9 Å². The average Bonchev–Trinajstić information content (AvgIpc) is 2.15. The van der Waals surface area contributed by atoms with Crippen molar-refractivity contribution < 1.29 is 14.3 Å². The van der Waals surface area contributed by atoms with Gasteiger partial charge in [-0.25, -0.2) is 4.79 Å². The van der Waals surface area contributed by atoms with Crippen LogP contribution < -0.4 is 0 Å². The molecule has 2 aliphatic heterocycles. The van der Waals surface area contributed by atoms with E-state index < -0.39 is 5.60 Å². The number of piperidine rings is 2. The van der Waals surface area contributed by atoms with Crippen LogP contribution in [0.2, 0.25) is 0 Å². The fourth-order valence-electron chi connectivity index (χ4n) is 2.49. The molecule has 0 radical (unpaired) electrons. The Balaban J connectivity index is 2.05. The number of hydrogen-bond acceptors (Lipinski definition) is 3. The normalized spacial score (nSPS) is 29.4.